The Kier molecular flexibility index (Phi) is 6.84. The Balaban J connectivity index is 1.82. The zero-order valence-electron chi connectivity index (χ0n) is 17.0. The van der Waals surface area contributed by atoms with Crippen LogP contribution in [0.25, 0.3) is 0 Å². The van der Waals surface area contributed by atoms with Crippen LogP contribution in [0.4, 0.5) is 5.82 Å². The monoisotopic (exact) mass is 372 g/mol. The molecule has 0 atom stereocenters. The molecule has 1 aromatic heterocycles. The van der Waals surface area contributed by atoms with E-state index in [1.807, 2.05) is 37.4 Å². The van der Waals surface area contributed by atoms with Gasteiger partial charge < -0.3 is 14.1 Å². The first-order chi connectivity index (χ1) is 12.2. The van der Waals surface area contributed by atoms with Gasteiger partial charge in [0.25, 0.3) is 0 Å². The molecule has 0 bridgehead atoms. The number of benzene rings is 1. The van der Waals surface area contributed by atoms with Crippen molar-refractivity contribution in [3.8, 4) is 5.75 Å². The lowest BCUT2D eigenvalue weighted by atomic mass is 10.2. The van der Waals surface area contributed by atoms with Crippen molar-refractivity contribution in [2.24, 2.45) is 0 Å². The lowest BCUT2D eigenvalue weighted by molar-refractivity contribution is 0.295. The van der Waals surface area contributed by atoms with Crippen molar-refractivity contribution < 1.29 is 9.16 Å². The second-order valence-corrected chi connectivity index (χ2v) is 13.0. The maximum atomic E-state index is 6.24. The van der Waals surface area contributed by atoms with Crippen LogP contribution in [0.1, 0.15) is 26.3 Å². The standard InChI is InChI=1S/C21H32N2O2Si/c1-21(2,3)26(5,6)25-15-14-23(4)20-13-12-19(16-22-20)24-17-18-10-8-7-9-11-18/h7-13,16H,14-15,17H2,1-6H3. The average molecular weight is 373 g/mol. The molecule has 0 N–H and O–H groups in total. The Labute approximate surface area is 159 Å². The average Bonchev–Trinajstić information content (AvgIpc) is 2.60. The molecule has 26 heavy (non-hydrogen) atoms. The molecule has 0 saturated heterocycles. The number of nitrogens with zero attached hydrogens (tertiary/aromatic N) is 2. The first-order valence-electron chi connectivity index (χ1n) is 9.17. The molecule has 0 amide bonds. The van der Waals surface area contributed by atoms with E-state index in [2.05, 4.69) is 55.9 Å². The summed E-state index contributed by atoms with van der Waals surface area (Å²) in [4.78, 5) is 6.63. The number of anilines is 1. The summed E-state index contributed by atoms with van der Waals surface area (Å²) in [7, 11) is 0.352. The zero-order chi connectivity index (χ0) is 19.2. The fourth-order valence-electron chi connectivity index (χ4n) is 2.19. The van der Waals surface area contributed by atoms with Gasteiger partial charge in [0.1, 0.15) is 18.2 Å². The second kappa shape index (κ2) is 8.69. The number of hydrogen-bond donors (Lipinski definition) is 0. The SMILES string of the molecule is CN(CCO[Si](C)(C)C(C)(C)C)c1ccc(OCc2ccccc2)cn1. The lowest BCUT2D eigenvalue weighted by Crippen LogP contribution is -2.42. The Bertz CT molecular complexity index is 667. The molecule has 0 aliphatic carbocycles. The van der Waals surface area contributed by atoms with E-state index in [4.69, 9.17) is 9.16 Å². The van der Waals surface area contributed by atoms with Gasteiger partial charge >= 0.3 is 0 Å². The fraction of sp³-hybridized carbons (Fsp3) is 0.476. The largest absolute Gasteiger partial charge is 0.487 e. The molecule has 0 aliphatic heterocycles. The molecular formula is C21H32N2O2Si. The van der Waals surface area contributed by atoms with E-state index in [0.717, 1.165) is 30.3 Å². The van der Waals surface area contributed by atoms with E-state index in [1.165, 1.54) is 0 Å². The van der Waals surface area contributed by atoms with Gasteiger partial charge in [-0.3, -0.25) is 0 Å². The summed E-state index contributed by atoms with van der Waals surface area (Å²) < 4.78 is 12.0. The molecule has 142 valence electrons. The normalized spacial score (nSPS) is 12.1. The van der Waals surface area contributed by atoms with Crippen LogP contribution in [0, 0.1) is 0 Å². The molecular weight excluding hydrogens is 340 g/mol. The van der Waals surface area contributed by atoms with Crippen molar-refractivity contribution in [3.63, 3.8) is 0 Å². The molecule has 0 fully saturated rings. The molecule has 2 aromatic rings. The molecule has 0 unspecified atom stereocenters. The minimum Gasteiger partial charge on any atom is -0.487 e. The van der Waals surface area contributed by atoms with Crippen molar-refractivity contribution in [2.75, 3.05) is 25.1 Å². The third-order valence-electron chi connectivity index (χ3n) is 5.06. The number of likely N-dealkylation sites (N-methyl/N-ethyl adjacent to an activating group) is 1. The summed E-state index contributed by atoms with van der Waals surface area (Å²) in [5.74, 6) is 1.71. The maximum absolute atomic E-state index is 6.24. The Hall–Kier alpha value is -1.85. The van der Waals surface area contributed by atoms with Crippen molar-refractivity contribution in [1.82, 2.24) is 4.98 Å². The van der Waals surface area contributed by atoms with E-state index in [0.29, 0.717) is 6.61 Å². The van der Waals surface area contributed by atoms with Crippen LogP contribution in [0.2, 0.25) is 18.1 Å². The summed E-state index contributed by atoms with van der Waals surface area (Å²) in [6, 6.07) is 14.1. The van der Waals surface area contributed by atoms with E-state index >= 15 is 0 Å². The highest BCUT2D eigenvalue weighted by atomic mass is 28.4. The van der Waals surface area contributed by atoms with Crippen LogP contribution in [0.5, 0.6) is 5.75 Å². The van der Waals surface area contributed by atoms with E-state index < -0.39 is 8.32 Å². The Morgan fingerprint density at radius 2 is 1.73 bits per heavy atom. The van der Waals surface area contributed by atoms with Gasteiger partial charge in [-0.25, -0.2) is 4.98 Å². The van der Waals surface area contributed by atoms with Crippen molar-refractivity contribution in [3.05, 3.63) is 54.2 Å². The van der Waals surface area contributed by atoms with Gasteiger partial charge in [-0.05, 0) is 35.8 Å². The summed E-state index contributed by atoms with van der Waals surface area (Å²) in [5.41, 5.74) is 1.15. The summed E-state index contributed by atoms with van der Waals surface area (Å²) in [5, 5.41) is 0.238. The van der Waals surface area contributed by atoms with Crippen molar-refractivity contribution >= 4 is 14.1 Å². The molecule has 1 heterocycles. The van der Waals surface area contributed by atoms with Gasteiger partial charge in [-0.15, -0.1) is 0 Å². The van der Waals surface area contributed by atoms with Gasteiger partial charge in [0.05, 0.1) is 12.8 Å². The van der Waals surface area contributed by atoms with Gasteiger partial charge in [0, 0.05) is 13.6 Å². The van der Waals surface area contributed by atoms with Crippen molar-refractivity contribution in [2.45, 2.75) is 45.5 Å². The minimum absolute atomic E-state index is 0.238. The number of ether oxygens (including phenoxy) is 1. The molecule has 0 saturated carbocycles. The zero-order valence-corrected chi connectivity index (χ0v) is 18.0. The van der Waals surface area contributed by atoms with E-state index in [-0.39, 0.29) is 5.04 Å². The quantitative estimate of drug-likeness (QED) is 0.603. The topological polar surface area (TPSA) is 34.6 Å². The van der Waals surface area contributed by atoms with Crippen molar-refractivity contribution in [1.29, 1.82) is 0 Å². The molecule has 0 radical (unpaired) electrons. The highest BCUT2D eigenvalue weighted by Crippen LogP contribution is 2.36. The highest BCUT2D eigenvalue weighted by Gasteiger charge is 2.36. The Morgan fingerprint density at radius 3 is 2.31 bits per heavy atom. The maximum Gasteiger partial charge on any atom is 0.192 e. The second-order valence-electron chi connectivity index (χ2n) is 8.16. The summed E-state index contributed by atoms with van der Waals surface area (Å²) >= 11 is 0. The highest BCUT2D eigenvalue weighted by molar-refractivity contribution is 6.74. The molecule has 0 spiro atoms. The first kappa shape index (κ1) is 20.5. The van der Waals surface area contributed by atoms with Gasteiger partial charge in [0.15, 0.2) is 8.32 Å². The Morgan fingerprint density at radius 1 is 1.04 bits per heavy atom. The number of hydrogen-bond acceptors (Lipinski definition) is 4. The van der Waals surface area contributed by atoms with Gasteiger partial charge in [-0.1, -0.05) is 51.1 Å². The van der Waals surface area contributed by atoms with Crippen LogP contribution in [-0.2, 0) is 11.0 Å². The van der Waals surface area contributed by atoms with E-state index in [1.54, 1.807) is 6.20 Å². The smallest absolute Gasteiger partial charge is 0.192 e. The number of pyridine rings is 1. The fourth-order valence-corrected chi connectivity index (χ4v) is 3.23. The molecule has 5 heteroatoms. The predicted octanol–water partition coefficient (Wildman–Crippen LogP) is 5.12. The number of aromatic nitrogens is 1. The minimum atomic E-state index is -1.69. The number of rotatable bonds is 8. The molecule has 4 nitrogen and oxygen atoms in total. The first-order valence-corrected chi connectivity index (χ1v) is 12.1. The van der Waals surface area contributed by atoms with Crippen LogP contribution in [-0.4, -0.2) is 33.5 Å². The summed E-state index contributed by atoms with van der Waals surface area (Å²) in [6.07, 6.45) is 1.78. The van der Waals surface area contributed by atoms with Crippen LogP contribution in [0.3, 0.4) is 0 Å². The van der Waals surface area contributed by atoms with Crippen LogP contribution in [0.15, 0.2) is 48.7 Å². The van der Waals surface area contributed by atoms with E-state index in [9.17, 15) is 0 Å². The third-order valence-corrected chi connectivity index (χ3v) is 9.59. The van der Waals surface area contributed by atoms with Gasteiger partial charge in [0.2, 0.25) is 0 Å². The third kappa shape index (κ3) is 5.85. The van der Waals surface area contributed by atoms with Crippen LogP contribution >= 0.6 is 0 Å². The van der Waals surface area contributed by atoms with Crippen LogP contribution < -0.4 is 9.64 Å². The predicted molar refractivity (Wildman–Crippen MR) is 111 cm³/mol. The summed E-state index contributed by atoms with van der Waals surface area (Å²) in [6.45, 7) is 13.5. The molecule has 0 aliphatic rings. The van der Waals surface area contributed by atoms with Gasteiger partial charge in [-0.2, -0.15) is 0 Å². The molecule has 2 rings (SSSR count). The lowest BCUT2D eigenvalue weighted by Gasteiger charge is -2.36. The molecule has 1 aromatic carbocycles.